The van der Waals surface area contributed by atoms with Crippen molar-refractivity contribution in [1.29, 1.82) is 0 Å². The molecule has 0 saturated carbocycles. The number of hydrogen-bond acceptors (Lipinski definition) is 1. The summed E-state index contributed by atoms with van der Waals surface area (Å²) in [5.41, 5.74) is 3.38. The van der Waals surface area contributed by atoms with E-state index in [4.69, 9.17) is 0 Å². The fourth-order valence-corrected chi connectivity index (χ4v) is 2.66. The Morgan fingerprint density at radius 1 is 1.06 bits per heavy atom. The van der Waals surface area contributed by atoms with Gasteiger partial charge in [0.15, 0.2) is 0 Å². The van der Waals surface area contributed by atoms with Crippen LogP contribution in [0.25, 0.3) is 0 Å². The lowest BCUT2D eigenvalue weighted by Gasteiger charge is -2.23. The number of benzene rings is 1. The number of quaternary nitrogens is 1. The normalized spacial score (nSPS) is 17.6. The van der Waals surface area contributed by atoms with Crippen molar-refractivity contribution >= 4 is 0 Å². The van der Waals surface area contributed by atoms with Crippen LogP contribution in [-0.2, 0) is 6.54 Å². The molecule has 0 aromatic heterocycles. The van der Waals surface area contributed by atoms with E-state index in [1.54, 1.807) is 4.90 Å². The number of rotatable bonds is 2. The van der Waals surface area contributed by atoms with Crippen LogP contribution in [-0.4, -0.2) is 18.2 Å². The van der Waals surface area contributed by atoms with Gasteiger partial charge in [0, 0.05) is 5.56 Å². The van der Waals surface area contributed by atoms with Crippen LogP contribution in [0.3, 0.4) is 0 Å². The summed E-state index contributed by atoms with van der Waals surface area (Å²) in [4.78, 5) is 1.69. The molecule has 16 heavy (non-hydrogen) atoms. The minimum Gasteiger partial charge on any atom is -0.507 e. The molecule has 2 rings (SSSR count). The van der Waals surface area contributed by atoms with Crippen molar-refractivity contribution in [3.63, 3.8) is 0 Å². The van der Waals surface area contributed by atoms with Gasteiger partial charge >= 0.3 is 0 Å². The van der Waals surface area contributed by atoms with Crippen molar-refractivity contribution in [2.24, 2.45) is 0 Å². The number of aryl methyl sites for hydroxylation is 2. The molecular formula is C14H22NO+. The first-order valence-electron chi connectivity index (χ1n) is 6.29. The van der Waals surface area contributed by atoms with E-state index in [0.717, 1.165) is 17.7 Å². The van der Waals surface area contributed by atoms with Gasteiger partial charge < -0.3 is 10.0 Å². The van der Waals surface area contributed by atoms with Crippen LogP contribution in [0.15, 0.2) is 12.1 Å². The second-order valence-corrected chi connectivity index (χ2v) is 5.07. The van der Waals surface area contributed by atoms with Gasteiger partial charge in [-0.2, -0.15) is 0 Å². The quantitative estimate of drug-likeness (QED) is 0.777. The fraction of sp³-hybridized carbons (Fsp3) is 0.571. The number of phenols is 1. The van der Waals surface area contributed by atoms with E-state index in [1.165, 1.54) is 37.9 Å². The monoisotopic (exact) mass is 220 g/mol. The van der Waals surface area contributed by atoms with E-state index in [0.29, 0.717) is 5.75 Å². The van der Waals surface area contributed by atoms with E-state index in [9.17, 15) is 5.11 Å². The number of piperidine rings is 1. The van der Waals surface area contributed by atoms with Gasteiger partial charge in [-0.3, -0.25) is 0 Å². The number of phenolic OH excluding ortho intramolecular Hbond substituents is 1. The number of aromatic hydroxyl groups is 1. The van der Waals surface area contributed by atoms with Gasteiger partial charge in [0.25, 0.3) is 0 Å². The highest BCUT2D eigenvalue weighted by Crippen LogP contribution is 2.22. The largest absolute Gasteiger partial charge is 0.507 e. The van der Waals surface area contributed by atoms with E-state index < -0.39 is 0 Å². The third-order valence-electron chi connectivity index (χ3n) is 3.57. The van der Waals surface area contributed by atoms with Gasteiger partial charge in [-0.1, -0.05) is 0 Å². The molecule has 1 aromatic rings. The van der Waals surface area contributed by atoms with Crippen LogP contribution < -0.4 is 4.90 Å². The van der Waals surface area contributed by atoms with Crippen LogP contribution >= 0.6 is 0 Å². The topological polar surface area (TPSA) is 24.7 Å². The standard InChI is InChI=1S/C14H21NO/c1-11-8-13(9-12(2)14(11)16)10-15-6-4-3-5-7-15/h8-9,16H,3-7,10H2,1-2H3/p+1. The van der Waals surface area contributed by atoms with Crippen LogP contribution in [0.1, 0.15) is 36.0 Å². The third kappa shape index (κ3) is 2.56. The van der Waals surface area contributed by atoms with E-state index >= 15 is 0 Å². The lowest BCUT2D eigenvalue weighted by atomic mass is 10.0. The molecule has 1 aliphatic rings. The van der Waals surface area contributed by atoms with Crippen molar-refractivity contribution in [1.82, 2.24) is 0 Å². The molecule has 0 radical (unpaired) electrons. The van der Waals surface area contributed by atoms with Gasteiger partial charge in [0.2, 0.25) is 0 Å². The molecule has 0 bridgehead atoms. The van der Waals surface area contributed by atoms with Crippen LogP contribution in [0.2, 0.25) is 0 Å². The van der Waals surface area contributed by atoms with Crippen molar-refractivity contribution in [2.75, 3.05) is 13.1 Å². The first-order valence-corrected chi connectivity index (χ1v) is 6.29. The predicted octanol–water partition coefficient (Wildman–Crippen LogP) is 1.58. The zero-order valence-electron chi connectivity index (χ0n) is 10.3. The summed E-state index contributed by atoms with van der Waals surface area (Å²) in [6.07, 6.45) is 4.13. The maximum atomic E-state index is 9.73. The molecule has 1 aromatic carbocycles. The zero-order valence-corrected chi connectivity index (χ0v) is 10.3. The van der Waals surface area contributed by atoms with Crippen molar-refractivity contribution in [3.05, 3.63) is 28.8 Å². The summed E-state index contributed by atoms with van der Waals surface area (Å²) < 4.78 is 0. The summed E-state index contributed by atoms with van der Waals surface area (Å²) in [6.45, 7) is 7.69. The Morgan fingerprint density at radius 2 is 1.62 bits per heavy atom. The average molecular weight is 220 g/mol. The van der Waals surface area contributed by atoms with Gasteiger partial charge in [-0.25, -0.2) is 0 Å². The van der Waals surface area contributed by atoms with Crippen LogP contribution in [0.4, 0.5) is 0 Å². The first-order chi connectivity index (χ1) is 7.66. The summed E-state index contributed by atoms with van der Waals surface area (Å²) in [5.74, 6) is 0.456. The Labute approximate surface area is 97.9 Å². The summed E-state index contributed by atoms with van der Waals surface area (Å²) in [7, 11) is 0. The molecule has 0 spiro atoms. The predicted molar refractivity (Wildman–Crippen MR) is 65.8 cm³/mol. The van der Waals surface area contributed by atoms with Crippen LogP contribution in [0.5, 0.6) is 5.75 Å². The SMILES string of the molecule is Cc1cc(C[NH+]2CCCCC2)cc(C)c1O. The highest BCUT2D eigenvalue weighted by molar-refractivity contribution is 5.41. The Hall–Kier alpha value is -1.02. The zero-order chi connectivity index (χ0) is 11.5. The molecule has 2 N–H and O–H groups in total. The molecule has 0 unspecified atom stereocenters. The molecule has 1 heterocycles. The summed E-state index contributed by atoms with van der Waals surface area (Å²) in [6, 6.07) is 4.26. The van der Waals surface area contributed by atoms with E-state index in [-0.39, 0.29) is 0 Å². The number of hydrogen-bond donors (Lipinski definition) is 2. The highest BCUT2D eigenvalue weighted by atomic mass is 16.3. The summed E-state index contributed by atoms with van der Waals surface area (Å²) >= 11 is 0. The molecule has 0 amide bonds. The molecule has 88 valence electrons. The lowest BCUT2D eigenvalue weighted by Crippen LogP contribution is -3.11. The van der Waals surface area contributed by atoms with Gasteiger partial charge in [0.05, 0.1) is 13.1 Å². The molecular weight excluding hydrogens is 198 g/mol. The second kappa shape index (κ2) is 4.88. The fourth-order valence-electron chi connectivity index (χ4n) is 2.66. The maximum Gasteiger partial charge on any atom is 0.121 e. The maximum absolute atomic E-state index is 9.73. The Kier molecular flexibility index (Phi) is 3.49. The van der Waals surface area contributed by atoms with Gasteiger partial charge in [0.1, 0.15) is 12.3 Å². The Morgan fingerprint density at radius 3 is 2.19 bits per heavy atom. The van der Waals surface area contributed by atoms with E-state index in [2.05, 4.69) is 12.1 Å². The molecule has 1 saturated heterocycles. The molecule has 1 aliphatic heterocycles. The van der Waals surface area contributed by atoms with Crippen molar-refractivity contribution < 1.29 is 10.0 Å². The molecule has 2 heteroatoms. The average Bonchev–Trinajstić information content (AvgIpc) is 2.27. The molecule has 1 fully saturated rings. The van der Waals surface area contributed by atoms with E-state index in [1.807, 2.05) is 13.8 Å². The van der Waals surface area contributed by atoms with Crippen molar-refractivity contribution in [3.8, 4) is 5.75 Å². The third-order valence-corrected chi connectivity index (χ3v) is 3.57. The van der Waals surface area contributed by atoms with Crippen LogP contribution in [0, 0.1) is 13.8 Å². The molecule has 0 aliphatic carbocycles. The molecule has 0 atom stereocenters. The highest BCUT2D eigenvalue weighted by Gasteiger charge is 2.14. The lowest BCUT2D eigenvalue weighted by molar-refractivity contribution is -0.918. The minimum atomic E-state index is 0.456. The smallest absolute Gasteiger partial charge is 0.121 e. The Balaban J connectivity index is 2.09. The number of likely N-dealkylation sites (tertiary alicyclic amines) is 1. The number of nitrogens with one attached hydrogen (secondary N) is 1. The van der Waals surface area contributed by atoms with Gasteiger partial charge in [-0.05, 0) is 56.4 Å². The minimum absolute atomic E-state index is 0.456. The van der Waals surface area contributed by atoms with Gasteiger partial charge in [-0.15, -0.1) is 0 Å². The Bertz CT molecular complexity index is 344. The second-order valence-electron chi connectivity index (χ2n) is 5.07. The first kappa shape index (κ1) is 11.5. The molecule has 2 nitrogen and oxygen atoms in total. The summed E-state index contributed by atoms with van der Waals surface area (Å²) in [5, 5.41) is 9.73. The van der Waals surface area contributed by atoms with Crippen molar-refractivity contribution in [2.45, 2.75) is 39.7 Å².